The molecular weight excluding hydrogens is 218 g/mol. The van der Waals surface area contributed by atoms with Gasteiger partial charge in [-0.2, -0.15) is 0 Å². The van der Waals surface area contributed by atoms with Crippen LogP contribution in [0.1, 0.15) is 20.3 Å². The number of aliphatic hydroxyl groups excluding tert-OH is 1. The zero-order valence-corrected chi connectivity index (χ0v) is 11.3. The van der Waals surface area contributed by atoms with E-state index in [4.69, 9.17) is 5.73 Å². The van der Waals surface area contributed by atoms with E-state index in [-0.39, 0.29) is 23.9 Å². The Morgan fingerprint density at radius 1 is 1.53 bits per heavy atom. The highest BCUT2D eigenvalue weighted by molar-refractivity contribution is 5.79. The number of nitrogens with two attached hydrogens (primary N) is 1. The third-order valence-electron chi connectivity index (χ3n) is 3.43. The minimum absolute atomic E-state index is 0.0587. The van der Waals surface area contributed by atoms with Crippen LogP contribution in [-0.4, -0.2) is 66.2 Å². The topological polar surface area (TPSA) is 69.8 Å². The van der Waals surface area contributed by atoms with Crippen LogP contribution in [0.3, 0.4) is 0 Å². The van der Waals surface area contributed by atoms with E-state index in [9.17, 15) is 9.90 Å². The molecule has 3 N–H and O–H groups in total. The van der Waals surface area contributed by atoms with E-state index < -0.39 is 6.10 Å². The number of aliphatic hydroxyl groups is 1. The molecular formula is C12H25N3O2. The van der Waals surface area contributed by atoms with E-state index in [0.717, 1.165) is 6.54 Å². The Hall–Kier alpha value is -0.650. The standard InChI is InChI=1S/C12H25N3O2/c1-8(9(2)13)12(17)15-7-11(16)5-10(15)6-14(3)4/h8-11,16H,5-7,13H2,1-4H3. The van der Waals surface area contributed by atoms with Crippen molar-refractivity contribution in [2.45, 2.75) is 38.5 Å². The summed E-state index contributed by atoms with van der Waals surface area (Å²) in [6.07, 6.45) is 0.263. The molecule has 5 heteroatoms. The van der Waals surface area contributed by atoms with Gasteiger partial charge >= 0.3 is 0 Å². The molecule has 4 unspecified atom stereocenters. The number of rotatable bonds is 4. The van der Waals surface area contributed by atoms with Gasteiger partial charge in [-0.3, -0.25) is 4.79 Å². The van der Waals surface area contributed by atoms with Crippen molar-refractivity contribution in [2.75, 3.05) is 27.2 Å². The molecule has 1 amide bonds. The average Bonchev–Trinajstić information content (AvgIpc) is 2.56. The van der Waals surface area contributed by atoms with Crippen LogP contribution in [0.5, 0.6) is 0 Å². The van der Waals surface area contributed by atoms with Crippen LogP contribution in [0.15, 0.2) is 0 Å². The Morgan fingerprint density at radius 2 is 2.12 bits per heavy atom. The quantitative estimate of drug-likeness (QED) is 0.698. The largest absolute Gasteiger partial charge is 0.391 e. The predicted octanol–water partition coefficient (Wildman–Crippen LogP) is -0.507. The second-order valence-corrected chi connectivity index (χ2v) is 5.44. The number of β-amino-alcohol motifs (C(OH)–C–C–N with tert-alkyl or cyclic N) is 1. The van der Waals surface area contributed by atoms with Crippen molar-refractivity contribution < 1.29 is 9.90 Å². The van der Waals surface area contributed by atoms with Crippen molar-refractivity contribution in [3.05, 3.63) is 0 Å². The first-order chi connectivity index (χ1) is 7.82. The van der Waals surface area contributed by atoms with E-state index >= 15 is 0 Å². The lowest BCUT2D eigenvalue weighted by molar-refractivity contribution is -0.136. The van der Waals surface area contributed by atoms with Crippen molar-refractivity contribution in [1.82, 2.24) is 9.80 Å². The monoisotopic (exact) mass is 243 g/mol. The van der Waals surface area contributed by atoms with Gasteiger partial charge in [0.1, 0.15) is 0 Å². The van der Waals surface area contributed by atoms with Gasteiger partial charge < -0.3 is 20.6 Å². The maximum atomic E-state index is 12.2. The van der Waals surface area contributed by atoms with E-state index in [1.165, 1.54) is 0 Å². The highest BCUT2D eigenvalue weighted by Gasteiger charge is 2.36. The molecule has 1 aliphatic rings. The number of carbonyl (C=O) groups is 1. The van der Waals surface area contributed by atoms with E-state index in [0.29, 0.717) is 13.0 Å². The molecule has 5 nitrogen and oxygen atoms in total. The predicted molar refractivity (Wildman–Crippen MR) is 67.5 cm³/mol. The smallest absolute Gasteiger partial charge is 0.227 e. The van der Waals surface area contributed by atoms with Crippen LogP contribution in [0.4, 0.5) is 0 Å². The normalized spacial score (nSPS) is 28.5. The van der Waals surface area contributed by atoms with E-state index in [2.05, 4.69) is 0 Å². The number of carbonyl (C=O) groups excluding carboxylic acids is 1. The number of amides is 1. The highest BCUT2D eigenvalue weighted by atomic mass is 16.3. The van der Waals surface area contributed by atoms with Gasteiger partial charge in [-0.1, -0.05) is 6.92 Å². The summed E-state index contributed by atoms with van der Waals surface area (Å²) in [5, 5.41) is 9.71. The van der Waals surface area contributed by atoms with Crippen molar-refractivity contribution in [3.63, 3.8) is 0 Å². The first kappa shape index (κ1) is 14.4. The van der Waals surface area contributed by atoms with Crippen LogP contribution in [-0.2, 0) is 4.79 Å². The Balaban J connectivity index is 2.69. The lowest BCUT2D eigenvalue weighted by Gasteiger charge is -2.30. The molecule has 0 aliphatic carbocycles. The molecule has 0 aromatic carbocycles. The van der Waals surface area contributed by atoms with Gasteiger partial charge in [0.25, 0.3) is 0 Å². The van der Waals surface area contributed by atoms with Crippen LogP contribution in [0.25, 0.3) is 0 Å². The molecule has 1 heterocycles. The van der Waals surface area contributed by atoms with Gasteiger partial charge in [0, 0.05) is 25.2 Å². The molecule has 0 saturated carbocycles. The van der Waals surface area contributed by atoms with Crippen molar-refractivity contribution >= 4 is 5.91 Å². The van der Waals surface area contributed by atoms with Gasteiger partial charge in [0.2, 0.25) is 5.91 Å². The maximum absolute atomic E-state index is 12.2. The Morgan fingerprint density at radius 3 is 2.59 bits per heavy atom. The van der Waals surface area contributed by atoms with Gasteiger partial charge in [-0.05, 0) is 27.4 Å². The fraction of sp³-hybridized carbons (Fsp3) is 0.917. The van der Waals surface area contributed by atoms with Crippen molar-refractivity contribution in [2.24, 2.45) is 11.7 Å². The molecule has 1 aliphatic heterocycles. The molecule has 17 heavy (non-hydrogen) atoms. The Labute approximate surface area is 104 Å². The van der Waals surface area contributed by atoms with Crippen LogP contribution >= 0.6 is 0 Å². The Bertz CT molecular complexity index is 268. The molecule has 0 aromatic rings. The number of hydrogen-bond acceptors (Lipinski definition) is 4. The molecule has 0 aromatic heterocycles. The summed E-state index contributed by atoms with van der Waals surface area (Å²) in [5.74, 6) is -0.131. The van der Waals surface area contributed by atoms with E-state index in [1.807, 2.05) is 32.8 Å². The maximum Gasteiger partial charge on any atom is 0.227 e. The molecule has 1 fully saturated rings. The first-order valence-corrected chi connectivity index (χ1v) is 6.21. The number of likely N-dealkylation sites (N-methyl/N-ethyl adjacent to an activating group) is 1. The number of likely N-dealkylation sites (tertiary alicyclic amines) is 1. The van der Waals surface area contributed by atoms with Gasteiger partial charge in [-0.15, -0.1) is 0 Å². The second kappa shape index (κ2) is 5.80. The molecule has 100 valence electrons. The Kier molecular flexibility index (Phi) is 4.91. The summed E-state index contributed by atoms with van der Waals surface area (Å²) in [7, 11) is 3.95. The third kappa shape index (κ3) is 3.66. The molecule has 0 bridgehead atoms. The minimum atomic E-state index is -0.399. The van der Waals surface area contributed by atoms with Crippen molar-refractivity contribution in [3.8, 4) is 0 Å². The fourth-order valence-corrected chi connectivity index (χ4v) is 2.24. The van der Waals surface area contributed by atoms with Crippen LogP contribution in [0, 0.1) is 5.92 Å². The summed E-state index contributed by atoms with van der Waals surface area (Å²) in [6, 6.07) is -0.0473. The molecule has 1 saturated heterocycles. The average molecular weight is 243 g/mol. The second-order valence-electron chi connectivity index (χ2n) is 5.44. The van der Waals surface area contributed by atoms with Gasteiger partial charge in [-0.25, -0.2) is 0 Å². The van der Waals surface area contributed by atoms with Crippen molar-refractivity contribution in [1.29, 1.82) is 0 Å². The zero-order valence-electron chi connectivity index (χ0n) is 11.3. The third-order valence-corrected chi connectivity index (χ3v) is 3.43. The van der Waals surface area contributed by atoms with E-state index in [1.54, 1.807) is 4.90 Å². The summed E-state index contributed by atoms with van der Waals surface area (Å²) >= 11 is 0. The highest BCUT2D eigenvalue weighted by Crippen LogP contribution is 2.21. The zero-order chi connectivity index (χ0) is 13.2. The summed E-state index contributed by atoms with van der Waals surface area (Å²) in [4.78, 5) is 16.1. The van der Waals surface area contributed by atoms with Gasteiger partial charge in [0.05, 0.1) is 12.0 Å². The lowest BCUT2D eigenvalue weighted by atomic mass is 10.0. The lowest BCUT2D eigenvalue weighted by Crippen LogP contribution is -2.47. The minimum Gasteiger partial charge on any atom is -0.391 e. The summed E-state index contributed by atoms with van der Waals surface area (Å²) in [6.45, 7) is 4.92. The summed E-state index contributed by atoms with van der Waals surface area (Å²) in [5.41, 5.74) is 5.77. The molecule has 0 radical (unpaired) electrons. The molecule has 1 rings (SSSR count). The first-order valence-electron chi connectivity index (χ1n) is 6.21. The number of nitrogens with zero attached hydrogens (tertiary/aromatic N) is 2. The van der Waals surface area contributed by atoms with Gasteiger partial charge in [0.15, 0.2) is 0 Å². The molecule has 0 spiro atoms. The fourth-order valence-electron chi connectivity index (χ4n) is 2.24. The van der Waals surface area contributed by atoms with Crippen LogP contribution in [0.2, 0.25) is 0 Å². The molecule has 4 atom stereocenters. The summed E-state index contributed by atoms with van der Waals surface area (Å²) < 4.78 is 0. The SMILES string of the molecule is CC(N)C(C)C(=O)N1CC(O)CC1CN(C)C. The number of hydrogen-bond donors (Lipinski definition) is 2. The van der Waals surface area contributed by atoms with Crippen LogP contribution < -0.4 is 5.73 Å².